The highest BCUT2D eigenvalue weighted by Crippen LogP contribution is 2.09. The molecule has 0 radical (unpaired) electrons. The summed E-state index contributed by atoms with van der Waals surface area (Å²) < 4.78 is 7.36. The van der Waals surface area contributed by atoms with Gasteiger partial charge in [0.15, 0.2) is 0 Å². The zero-order chi connectivity index (χ0) is 21.9. The van der Waals surface area contributed by atoms with E-state index in [1.54, 1.807) is 0 Å². The van der Waals surface area contributed by atoms with Crippen LogP contribution in [0.1, 0.15) is 75.0 Å². The normalized spacial score (nSPS) is 14.9. The maximum atomic E-state index is 12.7. The maximum Gasteiger partial charge on any atom is 0.243 e. The molecule has 0 fully saturated rings. The fraction of sp³-hybridized carbons (Fsp3) is 0.800. The van der Waals surface area contributed by atoms with Crippen LogP contribution < -0.4 is 16.0 Å². The van der Waals surface area contributed by atoms with Crippen molar-refractivity contribution in [2.45, 2.75) is 91.8 Å². The first-order chi connectivity index (χ1) is 13.0. The maximum absolute atomic E-state index is 12.7. The molecule has 3 amide bonds. The molecule has 0 aromatic carbocycles. The number of hydrogen-bond acceptors (Lipinski definition) is 4. The summed E-state index contributed by atoms with van der Waals surface area (Å²) in [4.78, 5) is 48.4. The van der Waals surface area contributed by atoms with Gasteiger partial charge in [-0.3, -0.25) is 14.4 Å². The minimum absolute atomic E-state index is 0.126. The summed E-state index contributed by atoms with van der Waals surface area (Å²) >= 11 is 0. The fourth-order valence-electron chi connectivity index (χ4n) is 2.76. The first kappa shape index (κ1) is 23.1. The Morgan fingerprint density at radius 1 is 0.926 bits per heavy atom. The molecule has 0 saturated carbocycles. The molecule has 0 saturated heterocycles. The van der Waals surface area contributed by atoms with E-state index < -0.39 is 36.2 Å². The van der Waals surface area contributed by atoms with Crippen molar-refractivity contribution >= 4 is 24.0 Å². The summed E-state index contributed by atoms with van der Waals surface area (Å²) in [6.07, 6.45) is 1.96. The van der Waals surface area contributed by atoms with Crippen LogP contribution in [0, 0.1) is 11.8 Å². The van der Waals surface area contributed by atoms with E-state index in [9.17, 15) is 19.2 Å². The molecule has 0 unspecified atom stereocenters. The Bertz CT molecular complexity index is 538. The largest absolute Gasteiger partial charge is 0.345 e. The van der Waals surface area contributed by atoms with E-state index in [0.717, 1.165) is 12.8 Å². The number of nitrogens with one attached hydrogen (secondary N) is 3. The molecule has 0 spiro atoms. The van der Waals surface area contributed by atoms with Gasteiger partial charge in [-0.05, 0) is 31.1 Å². The number of rotatable bonds is 13. The Morgan fingerprint density at radius 2 is 1.41 bits per heavy atom. The highest BCUT2D eigenvalue weighted by atomic mass is 16.2. The van der Waals surface area contributed by atoms with Gasteiger partial charge in [-0.2, -0.15) is 0 Å². The van der Waals surface area contributed by atoms with Gasteiger partial charge in [0.2, 0.25) is 17.7 Å². The number of aldehydes is 1. The number of carbonyl (C=O) groups excluding carboxylic acids is 4. The van der Waals surface area contributed by atoms with Gasteiger partial charge in [-0.15, -0.1) is 0 Å². The molecule has 7 heteroatoms. The van der Waals surface area contributed by atoms with Gasteiger partial charge in [0.05, 0.1) is 6.04 Å². The first-order valence-electron chi connectivity index (χ1n) is 10.4. The Morgan fingerprint density at radius 3 is 1.81 bits per heavy atom. The molecule has 3 N–H and O–H groups in total. The van der Waals surface area contributed by atoms with Crippen molar-refractivity contribution in [3.63, 3.8) is 0 Å². The second kappa shape index (κ2) is 13.3. The number of amides is 3. The van der Waals surface area contributed by atoms with Crippen LogP contribution in [-0.4, -0.2) is 42.1 Å². The van der Waals surface area contributed by atoms with Crippen molar-refractivity contribution in [2.24, 2.45) is 11.8 Å². The Labute approximate surface area is 164 Å². The molecule has 0 aliphatic heterocycles. The van der Waals surface area contributed by atoms with E-state index in [1.165, 1.54) is 6.92 Å². The van der Waals surface area contributed by atoms with E-state index in [4.69, 9.17) is 1.37 Å². The third kappa shape index (κ3) is 11.4. The minimum Gasteiger partial charge on any atom is -0.345 e. The Kier molecular flexibility index (Phi) is 11.4. The van der Waals surface area contributed by atoms with Gasteiger partial charge in [-0.25, -0.2) is 0 Å². The minimum atomic E-state index is -0.874. The molecule has 7 nitrogen and oxygen atoms in total. The van der Waals surface area contributed by atoms with Crippen LogP contribution in [0.4, 0.5) is 0 Å². The summed E-state index contributed by atoms with van der Waals surface area (Å²) in [5.74, 6) is -0.910. The molecule has 0 heterocycles. The van der Waals surface area contributed by atoms with Crippen LogP contribution in [0.15, 0.2) is 0 Å². The van der Waals surface area contributed by atoms with E-state index >= 15 is 0 Å². The predicted octanol–water partition coefficient (Wildman–Crippen LogP) is 1.94. The summed E-state index contributed by atoms with van der Waals surface area (Å²) in [5, 5.41) is 7.95. The van der Waals surface area contributed by atoms with Crippen molar-refractivity contribution in [2.75, 3.05) is 0 Å². The standard InChI is InChI=1S/C20H37N3O4/c1-7-8-9-16(12-24)22-19(26)18(11-14(4)5)23-20(27)17(10-13(2)3)21-15(6)25/h12-14,16-18H,7-11H2,1-6H3,(H,21,25)(H,22,26)(H,23,27)/t16-,17-,18-/m0/s1/i12D. The molecule has 27 heavy (non-hydrogen) atoms. The summed E-state index contributed by atoms with van der Waals surface area (Å²) in [5.41, 5.74) is 0. The lowest BCUT2D eigenvalue weighted by Gasteiger charge is -2.25. The van der Waals surface area contributed by atoms with Crippen molar-refractivity contribution < 1.29 is 20.5 Å². The average molecular weight is 385 g/mol. The van der Waals surface area contributed by atoms with Crippen LogP contribution in [0.2, 0.25) is 0 Å². The quantitative estimate of drug-likeness (QED) is 0.422. The topological polar surface area (TPSA) is 104 Å². The van der Waals surface area contributed by atoms with E-state index in [2.05, 4.69) is 16.0 Å². The van der Waals surface area contributed by atoms with Crippen molar-refractivity contribution in [3.05, 3.63) is 0 Å². The molecule has 0 aromatic rings. The summed E-state index contributed by atoms with van der Waals surface area (Å²) in [6.45, 7) is 11.0. The summed E-state index contributed by atoms with van der Waals surface area (Å²) in [7, 11) is 0. The molecular weight excluding hydrogens is 346 g/mol. The average Bonchev–Trinajstić information content (AvgIpc) is 2.55. The van der Waals surface area contributed by atoms with E-state index in [0.29, 0.717) is 19.3 Å². The second-order valence-electron chi connectivity index (χ2n) is 7.89. The van der Waals surface area contributed by atoms with E-state index in [1.807, 2.05) is 34.6 Å². The highest BCUT2D eigenvalue weighted by Gasteiger charge is 2.28. The van der Waals surface area contributed by atoms with Crippen LogP contribution in [0.3, 0.4) is 0 Å². The fourth-order valence-corrected chi connectivity index (χ4v) is 2.76. The summed E-state index contributed by atoms with van der Waals surface area (Å²) in [6, 6.07) is -2.44. The number of carbonyl (C=O) groups is 4. The molecule has 0 aromatic heterocycles. The Balaban J connectivity index is 5.25. The predicted molar refractivity (Wildman–Crippen MR) is 106 cm³/mol. The second-order valence-corrected chi connectivity index (χ2v) is 7.89. The molecule has 0 aliphatic rings. The zero-order valence-electron chi connectivity index (χ0n) is 18.6. The molecule has 0 rings (SSSR count). The molecule has 0 aliphatic carbocycles. The zero-order valence-corrected chi connectivity index (χ0v) is 17.6. The Hall–Kier alpha value is -1.92. The monoisotopic (exact) mass is 384 g/mol. The van der Waals surface area contributed by atoms with Crippen LogP contribution in [-0.2, 0) is 19.2 Å². The third-order valence-electron chi connectivity index (χ3n) is 4.05. The molecule has 3 atom stereocenters. The lowest BCUT2D eigenvalue weighted by Crippen LogP contribution is -2.55. The van der Waals surface area contributed by atoms with Crippen LogP contribution in [0.5, 0.6) is 0 Å². The van der Waals surface area contributed by atoms with Gasteiger partial charge < -0.3 is 20.7 Å². The van der Waals surface area contributed by atoms with Gasteiger partial charge >= 0.3 is 0 Å². The highest BCUT2D eigenvalue weighted by molar-refractivity contribution is 5.92. The first-order valence-corrected chi connectivity index (χ1v) is 9.86. The van der Waals surface area contributed by atoms with Crippen LogP contribution >= 0.6 is 0 Å². The SMILES string of the molecule is [2H]C(=O)[C@H](CCCC)NC(=O)[C@H](CC(C)C)NC(=O)[C@H](CC(C)C)NC(C)=O. The van der Waals surface area contributed by atoms with Gasteiger partial charge in [-0.1, -0.05) is 47.5 Å². The smallest absolute Gasteiger partial charge is 0.243 e. The molecular formula is C20H37N3O4. The molecule has 156 valence electrons. The van der Waals surface area contributed by atoms with E-state index in [-0.39, 0.29) is 17.7 Å². The van der Waals surface area contributed by atoms with Gasteiger partial charge in [0, 0.05) is 6.92 Å². The van der Waals surface area contributed by atoms with Crippen molar-refractivity contribution in [1.82, 2.24) is 16.0 Å². The van der Waals surface area contributed by atoms with Crippen molar-refractivity contribution in [1.29, 1.82) is 0 Å². The lowest BCUT2D eigenvalue weighted by atomic mass is 9.99. The number of unbranched alkanes of at least 4 members (excludes halogenated alkanes) is 1. The van der Waals surface area contributed by atoms with Crippen LogP contribution in [0.25, 0.3) is 0 Å². The third-order valence-corrected chi connectivity index (χ3v) is 4.05. The molecule has 0 bridgehead atoms. The number of hydrogen-bond donors (Lipinski definition) is 3. The van der Waals surface area contributed by atoms with Gasteiger partial charge in [0.25, 0.3) is 0 Å². The van der Waals surface area contributed by atoms with Gasteiger partial charge in [0.1, 0.15) is 19.7 Å². The lowest BCUT2D eigenvalue weighted by molar-refractivity contribution is -0.133. The van der Waals surface area contributed by atoms with Crippen molar-refractivity contribution in [3.8, 4) is 0 Å².